The van der Waals surface area contributed by atoms with Crippen LogP contribution in [-0.4, -0.2) is 27.4 Å². The maximum Gasteiger partial charge on any atom is 0.420 e. The standard InChI is InChI=1S/C23H18ClF4N3O/c24-21-20(12-30-6-4-15(10-30)14-2-1-3-18(25)8-14)29-22-19(23(26,27)28)9-17(11-31(21)22)16-5-7-32-13-16/h1-3,5,7-9,11,13,15H,4,6,10,12H2. The Balaban J connectivity index is 1.47. The summed E-state index contributed by atoms with van der Waals surface area (Å²) in [7, 11) is 0. The number of nitrogens with zero attached hydrogens (tertiary/aromatic N) is 3. The first-order valence-electron chi connectivity index (χ1n) is 10.1. The minimum Gasteiger partial charge on any atom is -0.472 e. The molecule has 0 bridgehead atoms. The summed E-state index contributed by atoms with van der Waals surface area (Å²) >= 11 is 6.50. The Hall–Kier alpha value is -2.84. The van der Waals surface area contributed by atoms with Gasteiger partial charge < -0.3 is 4.42 Å². The summed E-state index contributed by atoms with van der Waals surface area (Å²) in [5, 5.41) is 0.144. The van der Waals surface area contributed by atoms with Gasteiger partial charge in [0, 0.05) is 30.4 Å². The number of halogens is 5. The van der Waals surface area contributed by atoms with Crippen LogP contribution >= 0.6 is 11.6 Å². The number of hydrogen-bond donors (Lipinski definition) is 0. The fraction of sp³-hybridized carbons (Fsp3) is 0.261. The summed E-state index contributed by atoms with van der Waals surface area (Å²) in [6.07, 6.45) is 0.545. The topological polar surface area (TPSA) is 33.7 Å². The second-order valence-electron chi connectivity index (χ2n) is 7.97. The fourth-order valence-corrected chi connectivity index (χ4v) is 4.51. The van der Waals surface area contributed by atoms with Crippen LogP contribution < -0.4 is 0 Å². The average Bonchev–Trinajstić information content (AvgIpc) is 3.49. The van der Waals surface area contributed by atoms with Crippen LogP contribution in [0.4, 0.5) is 17.6 Å². The van der Waals surface area contributed by atoms with Gasteiger partial charge in [0.1, 0.15) is 11.0 Å². The lowest BCUT2D eigenvalue weighted by molar-refractivity contribution is -0.136. The molecule has 4 heterocycles. The number of hydrogen-bond acceptors (Lipinski definition) is 3. The van der Waals surface area contributed by atoms with E-state index in [-0.39, 0.29) is 22.5 Å². The molecule has 0 amide bonds. The van der Waals surface area contributed by atoms with E-state index in [2.05, 4.69) is 9.88 Å². The molecular weight excluding hydrogens is 446 g/mol. The van der Waals surface area contributed by atoms with Gasteiger partial charge in [-0.2, -0.15) is 13.2 Å². The Labute approximate surface area is 186 Å². The van der Waals surface area contributed by atoms with Crippen LogP contribution in [0.25, 0.3) is 16.8 Å². The summed E-state index contributed by atoms with van der Waals surface area (Å²) in [5.41, 5.74) is 1.05. The minimum atomic E-state index is -4.59. The van der Waals surface area contributed by atoms with Crippen molar-refractivity contribution in [3.8, 4) is 11.1 Å². The second-order valence-corrected chi connectivity index (χ2v) is 8.33. The molecule has 3 aromatic heterocycles. The van der Waals surface area contributed by atoms with Crippen LogP contribution in [-0.2, 0) is 12.7 Å². The van der Waals surface area contributed by atoms with E-state index in [4.69, 9.17) is 16.0 Å². The molecular formula is C23H18ClF4N3O. The molecule has 1 fully saturated rings. The van der Waals surface area contributed by atoms with Crippen molar-refractivity contribution >= 4 is 17.2 Å². The lowest BCUT2D eigenvalue weighted by Crippen LogP contribution is -2.20. The van der Waals surface area contributed by atoms with E-state index >= 15 is 0 Å². The highest BCUT2D eigenvalue weighted by Gasteiger charge is 2.36. The molecule has 0 saturated carbocycles. The molecule has 1 unspecified atom stereocenters. The molecule has 0 N–H and O–H groups in total. The first kappa shape index (κ1) is 21.0. The SMILES string of the molecule is Fc1cccc(C2CCN(Cc3nc4c(C(F)(F)F)cc(-c5ccoc5)cn4c3Cl)C2)c1. The molecule has 5 rings (SSSR count). The van der Waals surface area contributed by atoms with Crippen LogP contribution in [0.3, 0.4) is 0 Å². The fourth-order valence-electron chi connectivity index (χ4n) is 4.28. The van der Waals surface area contributed by atoms with Crippen molar-refractivity contribution in [3.05, 3.63) is 82.9 Å². The molecule has 1 aliphatic heterocycles. The lowest BCUT2D eigenvalue weighted by atomic mass is 9.98. The number of pyridine rings is 1. The molecule has 9 heteroatoms. The Morgan fingerprint density at radius 1 is 1.16 bits per heavy atom. The molecule has 0 spiro atoms. The van der Waals surface area contributed by atoms with Gasteiger partial charge >= 0.3 is 6.18 Å². The van der Waals surface area contributed by atoms with Crippen LogP contribution in [0.15, 0.2) is 59.5 Å². The van der Waals surface area contributed by atoms with Gasteiger partial charge in [0.15, 0.2) is 5.65 Å². The van der Waals surface area contributed by atoms with E-state index in [1.807, 2.05) is 6.07 Å². The predicted octanol–water partition coefficient (Wildman–Crippen LogP) is 6.40. The molecule has 1 atom stereocenters. The Morgan fingerprint density at radius 2 is 2.00 bits per heavy atom. The predicted molar refractivity (Wildman–Crippen MR) is 112 cm³/mol. The number of rotatable bonds is 4. The summed E-state index contributed by atoms with van der Waals surface area (Å²) in [6, 6.07) is 9.15. The van der Waals surface area contributed by atoms with Crippen molar-refractivity contribution in [3.63, 3.8) is 0 Å². The normalized spacial score (nSPS) is 17.5. The summed E-state index contributed by atoms with van der Waals surface area (Å²) in [6.45, 7) is 1.68. The van der Waals surface area contributed by atoms with Crippen molar-refractivity contribution in [2.75, 3.05) is 13.1 Å². The van der Waals surface area contributed by atoms with E-state index in [0.29, 0.717) is 29.9 Å². The summed E-state index contributed by atoms with van der Waals surface area (Å²) in [5.74, 6) is -0.127. The number of benzene rings is 1. The third-order valence-electron chi connectivity index (χ3n) is 5.85. The highest BCUT2D eigenvalue weighted by molar-refractivity contribution is 6.30. The molecule has 32 heavy (non-hydrogen) atoms. The highest BCUT2D eigenvalue weighted by Crippen LogP contribution is 2.37. The van der Waals surface area contributed by atoms with Crippen molar-refractivity contribution in [1.29, 1.82) is 0 Å². The maximum absolute atomic E-state index is 13.8. The van der Waals surface area contributed by atoms with E-state index in [1.54, 1.807) is 12.1 Å². The summed E-state index contributed by atoms with van der Waals surface area (Å²) in [4.78, 5) is 6.34. The maximum atomic E-state index is 13.8. The monoisotopic (exact) mass is 463 g/mol. The van der Waals surface area contributed by atoms with Crippen LogP contribution in [0.1, 0.15) is 29.2 Å². The van der Waals surface area contributed by atoms with Gasteiger partial charge in [-0.1, -0.05) is 23.7 Å². The van der Waals surface area contributed by atoms with Gasteiger partial charge in [-0.25, -0.2) is 9.37 Å². The molecule has 0 radical (unpaired) electrons. The number of furan rings is 1. The van der Waals surface area contributed by atoms with E-state index in [1.165, 1.54) is 35.3 Å². The van der Waals surface area contributed by atoms with E-state index in [9.17, 15) is 17.6 Å². The second kappa shape index (κ2) is 7.94. The van der Waals surface area contributed by atoms with Gasteiger partial charge in [-0.05, 0) is 48.7 Å². The van der Waals surface area contributed by atoms with E-state index in [0.717, 1.165) is 24.6 Å². The van der Waals surface area contributed by atoms with Gasteiger partial charge in [0.25, 0.3) is 0 Å². The zero-order valence-electron chi connectivity index (χ0n) is 16.7. The van der Waals surface area contributed by atoms with Crippen LogP contribution in [0.2, 0.25) is 5.15 Å². The third-order valence-corrected chi connectivity index (χ3v) is 6.25. The first-order chi connectivity index (χ1) is 15.3. The number of likely N-dealkylation sites (tertiary alicyclic amines) is 1. The van der Waals surface area contributed by atoms with Crippen molar-refractivity contribution in [2.45, 2.75) is 25.1 Å². The first-order valence-corrected chi connectivity index (χ1v) is 10.5. The zero-order chi connectivity index (χ0) is 22.5. The van der Waals surface area contributed by atoms with Gasteiger partial charge in [-0.3, -0.25) is 9.30 Å². The number of alkyl halides is 3. The molecule has 166 valence electrons. The molecule has 0 aliphatic carbocycles. The zero-order valence-corrected chi connectivity index (χ0v) is 17.5. The van der Waals surface area contributed by atoms with Gasteiger partial charge in [-0.15, -0.1) is 0 Å². The van der Waals surface area contributed by atoms with E-state index < -0.39 is 11.7 Å². The van der Waals surface area contributed by atoms with Crippen molar-refractivity contribution in [2.24, 2.45) is 0 Å². The Bertz CT molecular complexity index is 1270. The van der Waals surface area contributed by atoms with Gasteiger partial charge in [0.05, 0.1) is 23.8 Å². The Morgan fingerprint density at radius 3 is 2.72 bits per heavy atom. The molecule has 4 aromatic rings. The third kappa shape index (κ3) is 3.89. The van der Waals surface area contributed by atoms with Gasteiger partial charge in [0.2, 0.25) is 0 Å². The van der Waals surface area contributed by atoms with Crippen molar-refractivity contribution < 1.29 is 22.0 Å². The largest absolute Gasteiger partial charge is 0.472 e. The quantitative estimate of drug-likeness (QED) is 0.329. The summed E-state index contributed by atoms with van der Waals surface area (Å²) < 4.78 is 61.2. The average molecular weight is 464 g/mol. The number of imidazole rings is 1. The molecule has 1 aliphatic rings. The number of aromatic nitrogens is 2. The smallest absolute Gasteiger partial charge is 0.420 e. The van der Waals surface area contributed by atoms with Crippen molar-refractivity contribution in [1.82, 2.24) is 14.3 Å². The Kier molecular flexibility index (Phi) is 5.22. The molecule has 1 saturated heterocycles. The minimum absolute atomic E-state index is 0.144. The molecule has 4 nitrogen and oxygen atoms in total. The van der Waals surface area contributed by atoms with Crippen LogP contribution in [0, 0.1) is 5.82 Å². The van der Waals surface area contributed by atoms with Crippen LogP contribution in [0.5, 0.6) is 0 Å². The highest BCUT2D eigenvalue weighted by atomic mass is 35.5. The lowest BCUT2D eigenvalue weighted by Gasteiger charge is -2.15. The number of fused-ring (bicyclic) bond motifs is 1. The molecule has 1 aromatic carbocycles.